The maximum Gasteiger partial charge on any atom is 0.0623 e. The van der Waals surface area contributed by atoms with Crippen molar-refractivity contribution >= 4 is 0 Å². The number of rotatable bonds is 6. The highest BCUT2D eigenvalue weighted by molar-refractivity contribution is 4.67. The van der Waals surface area contributed by atoms with Crippen molar-refractivity contribution in [2.75, 3.05) is 26.9 Å². The molecule has 3 nitrogen and oxygen atoms in total. The lowest BCUT2D eigenvalue weighted by Gasteiger charge is -2.25. The van der Waals surface area contributed by atoms with Gasteiger partial charge < -0.3 is 14.8 Å². The highest BCUT2D eigenvalue weighted by atomic mass is 16.5. The smallest absolute Gasteiger partial charge is 0.0623 e. The molecule has 0 saturated carbocycles. The summed E-state index contributed by atoms with van der Waals surface area (Å²) in [6.07, 6.45) is 4.95. The van der Waals surface area contributed by atoms with Gasteiger partial charge in [-0.05, 0) is 26.3 Å². The van der Waals surface area contributed by atoms with Crippen LogP contribution < -0.4 is 5.32 Å². The van der Waals surface area contributed by atoms with Crippen LogP contribution in [0.4, 0.5) is 0 Å². The van der Waals surface area contributed by atoms with E-state index in [1.54, 1.807) is 0 Å². The molecule has 84 valence electrons. The summed E-state index contributed by atoms with van der Waals surface area (Å²) in [4.78, 5) is 0. The van der Waals surface area contributed by atoms with Crippen LogP contribution in [0.25, 0.3) is 0 Å². The van der Waals surface area contributed by atoms with Gasteiger partial charge in [-0.1, -0.05) is 13.3 Å². The van der Waals surface area contributed by atoms with E-state index in [2.05, 4.69) is 12.2 Å². The van der Waals surface area contributed by atoms with E-state index in [1.165, 1.54) is 12.8 Å². The molecule has 1 aliphatic rings. The van der Waals surface area contributed by atoms with E-state index in [4.69, 9.17) is 9.47 Å². The van der Waals surface area contributed by atoms with Crippen LogP contribution in [0, 0.1) is 0 Å². The molecule has 1 rings (SSSR count). The maximum absolute atomic E-state index is 5.85. The van der Waals surface area contributed by atoms with E-state index in [0.29, 0.717) is 12.1 Å². The van der Waals surface area contributed by atoms with Crippen molar-refractivity contribution in [2.24, 2.45) is 0 Å². The third-order valence-corrected chi connectivity index (χ3v) is 2.75. The van der Waals surface area contributed by atoms with Crippen LogP contribution in [0.1, 0.15) is 32.6 Å². The monoisotopic (exact) mass is 201 g/mol. The fourth-order valence-electron chi connectivity index (χ4n) is 1.75. The Kier molecular flexibility index (Phi) is 6.15. The van der Waals surface area contributed by atoms with Crippen LogP contribution in [-0.2, 0) is 9.47 Å². The van der Waals surface area contributed by atoms with Crippen molar-refractivity contribution in [1.29, 1.82) is 0 Å². The lowest BCUT2D eigenvalue weighted by atomic mass is 10.1. The van der Waals surface area contributed by atoms with Gasteiger partial charge in [0.2, 0.25) is 0 Å². The molecule has 0 aromatic carbocycles. The van der Waals surface area contributed by atoms with Gasteiger partial charge in [-0.2, -0.15) is 0 Å². The minimum absolute atomic E-state index is 0.427. The van der Waals surface area contributed by atoms with Gasteiger partial charge in [-0.3, -0.25) is 0 Å². The molecule has 0 bridgehead atoms. The van der Waals surface area contributed by atoms with Gasteiger partial charge in [0, 0.05) is 19.3 Å². The standard InChI is InChI=1S/C11H23NO2/c1-3-4-10(12-2)9-14-11-5-7-13-8-6-11/h10-12H,3-9H2,1-2H3. The number of likely N-dealkylation sites (N-methyl/N-ethyl adjacent to an activating group) is 1. The highest BCUT2D eigenvalue weighted by Crippen LogP contribution is 2.11. The SMILES string of the molecule is CCCC(COC1CCOCC1)NC. The van der Waals surface area contributed by atoms with Gasteiger partial charge >= 0.3 is 0 Å². The Morgan fingerprint density at radius 2 is 2.14 bits per heavy atom. The largest absolute Gasteiger partial charge is 0.381 e. The minimum atomic E-state index is 0.427. The molecule has 0 spiro atoms. The van der Waals surface area contributed by atoms with Crippen LogP contribution in [-0.4, -0.2) is 39.0 Å². The lowest BCUT2D eigenvalue weighted by molar-refractivity contribution is -0.0381. The molecule has 0 amide bonds. The average molecular weight is 201 g/mol. The quantitative estimate of drug-likeness (QED) is 0.707. The van der Waals surface area contributed by atoms with Crippen LogP contribution in [0.15, 0.2) is 0 Å². The third kappa shape index (κ3) is 4.40. The zero-order valence-corrected chi connectivity index (χ0v) is 9.42. The van der Waals surface area contributed by atoms with Gasteiger partial charge in [0.15, 0.2) is 0 Å². The molecule has 1 heterocycles. The third-order valence-electron chi connectivity index (χ3n) is 2.75. The molecule has 0 aromatic rings. The van der Waals surface area contributed by atoms with Gasteiger partial charge in [-0.25, -0.2) is 0 Å². The van der Waals surface area contributed by atoms with Crippen molar-refractivity contribution in [2.45, 2.75) is 44.8 Å². The fourth-order valence-corrected chi connectivity index (χ4v) is 1.75. The molecule has 3 heteroatoms. The summed E-state index contributed by atoms with van der Waals surface area (Å²) in [7, 11) is 2.01. The molecule has 0 aliphatic carbocycles. The van der Waals surface area contributed by atoms with Gasteiger partial charge in [0.25, 0.3) is 0 Å². The zero-order valence-electron chi connectivity index (χ0n) is 9.42. The van der Waals surface area contributed by atoms with Crippen LogP contribution in [0.2, 0.25) is 0 Å². The van der Waals surface area contributed by atoms with Crippen molar-refractivity contribution in [3.8, 4) is 0 Å². The molecule has 1 saturated heterocycles. The minimum Gasteiger partial charge on any atom is -0.381 e. The van der Waals surface area contributed by atoms with E-state index in [1.807, 2.05) is 7.05 Å². The molecule has 1 unspecified atom stereocenters. The predicted molar refractivity (Wildman–Crippen MR) is 57.5 cm³/mol. The average Bonchev–Trinajstić information content (AvgIpc) is 2.25. The van der Waals surface area contributed by atoms with E-state index >= 15 is 0 Å². The van der Waals surface area contributed by atoms with Crippen LogP contribution in [0.5, 0.6) is 0 Å². The Morgan fingerprint density at radius 1 is 1.43 bits per heavy atom. The Labute approximate surface area is 87.2 Å². The van der Waals surface area contributed by atoms with E-state index in [9.17, 15) is 0 Å². The normalized spacial score (nSPS) is 21.0. The van der Waals surface area contributed by atoms with Crippen molar-refractivity contribution in [1.82, 2.24) is 5.32 Å². The molecule has 1 atom stereocenters. The molecule has 1 aliphatic heterocycles. The molecular formula is C11H23NO2. The summed E-state index contributed by atoms with van der Waals surface area (Å²) in [5.41, 5.74) is 0. The zero-order chi connectivity index (χ0) is 10.2. The maximum atomic E-state index is 5.85. The van der Waals surface area contributed by atoms with Crippen LogP contribution >= 0.6 is 0 Å². The highest BCUT2D eigenvalue weighted by Gasteiger charge is 2.15. The molecule has 0 aromatic heterocycles. The number of hydrogen-bond donors (Lipinski definition) is 1. The summed E-state index contributed by atoms with van der Waals surface area (Å²) >= 11 is 0. The van der Waals surface area contributed by atoms with Gasteiger partial charge in [0.1, 0.15) is 0 Å². The summed E-state index contributed by atoms with van der Waals surface area (Å²) in [6.45, 7) is 4.78. The lowest BCUT2D eigenvalue weighted by Crippen LogP contribution is -2.34. The van der Waals surface area contributed by atoms with Crippen molar-refractivity contribution < 1.29 is 9.47 Å². The Morgan fingerprint density at radius 3 is 2.71 bits per heavy atom. The van der Waals surface area contributed by atoms with Crippen molar-refractivity contribution in [3.05, 3.63) is 0 Å². The fraction of sp³-hybridized carbons (Fsp3) is 1.00. The topological polar surface area (TPSA) is 30.5 Å². The summed E-state index contributed by atoms with van der Waals surface area (Å²) < 4.78 is 11.1. The summed E-state index contributed by atoms with van der Waals surface area (Å²) in [5, 5.41) is 3.29. The number of ether oxygens (including phenoxy) is 2. The first-order valence-corrected chi connectivity index (χ1v) is 5.73. The molecular weight excluding hydrogens is 178 g/mol. The van der Waals surface area contributed by atoms with E-state index < -0.39 is 0 Å². The van der Waals surface area contributed by atoms with Gasteiger partial charge in [0.05, 0.1) is 12.7 Å². The predicted octanol–water partition coefficient (Wildman–Crippen LogP) is 1.57. The second kappa shape index (κ2) is 7.21. The van der Waals surface area contributed by atoms with E-state index in [0.717, 1.165) is 32.7 Å². The molecule has 1 fully saturated rings. The molecule has 1 N–H and O–H groups in total. The summed E-state index contributed by atoms with van der Waals surface area (Å²) in [6, 6.07) is 0.517. The van der Waals surface area contributed by atoms with Gasteiger partial charge in [-0.15, -0.1) is 0 Å². The van der Waals surface area contributed by atoms with Crippen molar-refractivity contribution in [3.63, 3.8) is 0 Å². The first kappa shape index (κ1) is 12.0. The summed E-state index contributed by atoms with van der Waals surface area (Å²) in [5.74, 6) is 0. The Bertz CT molecular complexity index is 130. The molecule has 14 heavy (non-hydrogen) atoms. The Balaban J connectivity index is 2.10. The molecule has 0 radical (unpaired) electrons. The Hall–Kier alpha value is -0.120. The number of nitrogens with one attached hydrogen (secondary N) is 1. The number of hydrogen-bond acceptors (Lipinski definition) is 3. The first-order valence-electron chi connectivity index (χ1n) is 5.73. The second-order valence-corrected chi connectivity index (χ2v) is 3.92. The second-order valence-electron chi connectivity index (χ2n) is 3.92. The van der Waals surface area contributed by atoms with E-state index in [-0.39, 0.29) is 0 Å². The first-order chi connectivity index (χ1) is 6.86. The van der Waals surface area contributed by atoms with Crippen LogP contribution in [0.3, 0.4) is 0 Å².